The molecular formula is C37H44ClF2N9O5S. The van der Waals surface area contributed by atoms with Crippen LogP contribution < -0.4 is 10.5 Å². The van der Waals surface area contributed by atoms with E-state index in [9.17, 15) is 18.6 Å². The molecule has 4 aromatic rings. The normalized spacial score (nSPS) is 16.1. The summed E-state index contributed by atoms with van der Waals surface area (Å²) < 4.78 is 50.3. The second-order valence-corrected chi connectivity index (χ2v) is 15.2. The van der Waals surface area contributed by atoms with Crippen molar-refractivity contribution in [3.63, 3.8) is 0 Å². The summed E-state index contributed by atoms with van der Waals surface area (Å²) in [4.78, 5) is 49.7. The standard InChI is InChI=1S/C37H44ClF2N9O5S/c1-23-29(21-43-49(23)16-18-54-3)26-6-7-28(33(40)32(26)39)31-22-42-34(45(31)2)35(50)44-25-4-5-27(30(38)20-25)37(52)48-14-12-47(13-15-48)36(51)24-8-10-46(11-9-24)17-19-55(41)53/h4-7,20-22,24H,8-19,41H2,1-3H3,(H,44,50). The molecule has 14 nitrogen and oxygen atoms in total. The van der Waals surface area contributed by atoms with Crippen molar-refractivity contribution in [3.8, 4) is 22.4 Å². The number of anilines is 1. The molecule has 6 rings (SSSR count). The second kappa shape index (κ2) is 17.5. The van der Waals surface area contributed by atoms with Crippen LogP contribution in [0.2, 0.25) is 5.02 Å². The van der Waals surface area contributed by atoms with Gasteiger partial charge in [0.25, 0.3) is 11.8 Å². The molecule has 0 bridgehead atoms. The number of ether oxygens (including phenoxy) is 1. The van der Waals surface area contributed by atoms with Crippen LogP contribution in [0.25, 0.3) is 22.4 Å². The van der Waals surface area contributed by atoms with E-state index in [0.717, 1.165) is 25.9 Å². The van der Waals surface area contributed by atoms with Gasteiger partial charge >= 0.3 is 0 Å². The maximum Gasteiger partial charge on any atom is 0.291 e. The van der Waals surface area contributed by atoms with Gasteiger partial charge in [-0.1, -0.05) is 17.7 Å². The zero-order valence-corrected chi connectivity index (χ0v) is 32.5. The minimum Gasteiger partial charge on any atom is -0.383 e. The first kappa shape index (κ1) is 40.1. The Labute approximate surface area is 325 Å². The molecule has 4 heterocycles. The quantitative estimate of drug-likeness (QED) is 0.220. The van der Waals surface area contributed by atoms with Crippen molar-refractivity contribution in [2.24, 2.45) is 18.1 Å². The number of halogens is 3. The summed E-state index contributed by atoms with van der Waals surface area (Å²) in [5, 5.41) is 12.5. The summed E-state index contributed by atoms with van der Waals surface area (Å²) in [6, 6.07) is 7.44. The van der Waals surface area contributed by atoms with Gasteiger partial charge in [-0.2, -0.15) is 5.10 Å². The molecule has 1 unspecified atom stereocenters. The first-order chi connectivity index (χ1) is 26.4. The number of carbonyl (C=O) groups excluding carboxylic acids is 3. The number of hydrogen-bond donors (Lipinski definition) is 2. The highest BCUT2D eigenvalue weighted by molar-refractivity contribution is 7.82. The Balaban J connectivity index is 1.05. The van der Waals surface area contributed by atoms with E-state index >= 15 is 8.78 Å². The molecule has 2 fully saturated rings. The van der Waals surface area contributed by atoms with Crippen molar-refractivity contribution >= 4 is 46.0 Å². The highest BCUT2D eigenvalue weighted by Crippen LogP contribution is 2.33. The number of likely N-dealkylation sites (tertiary alicyclic amines) is 1. The smallest absolute Gasteiger partial charge is 0.291 e. The number of aromatic nitrogens is 4. The lowest BCUT2D eigenvalue weighted by Gasteiger charge is -2.38. The largest absolute Gasteiger partial charge is 0.383 e. The van der Waals surface area contributed by atoms with Gasteiger partial charge in [0.15, 0.2) is 17.5 Å². The van der Waals surface area contributed by atoms with Crippen LogP contribution in [0.4, 0.5) is 14.5 Å². The summed E-state index contributed by atoms with van der Waals surface area (Å²) in [6.45, 7) is 6.35. The highest BCUT2D eigenvalue weighted by atomic mass is 35.5. The lowest BCUT2D eigenvalue weighted by molar-refractivity contribution is -0.138. The number of amides is 3. The monoisotopic (exact) mass is 799 g/mol. The molecular weight excluding hydrogens is 756 g/mol. The van der Waals surface area contributed by atoms with Gasteiger partial charge in [0.2, 0.25) is 5.91 Å². The van der Waals surface area contributed by atoms with Gasteiger partial charge in [-0.05, 0) is 57.1 Å². The van der Waals surface area contributed by atoms with Gasteiger partial charge in [0.05, 0.1) is 58.6 Å². The molecule has 55 heavy (non-hydrogen) atoms. The second-order valence-electron chi connectivity index (χ2n) is 13.6. The average Bonchev–Trinajstić information content (AvgIpc) is 3.75. The number of piperidine rings is 1. The topological polar surface area (TPSA) is 161 Å². The van der Waals surface area contributed by atoms with E-state index in [1.165, 1.54) is 48.3 Å². The van der Waals surface area contributed by atoms with Gasteiger partial charge in [-0.15, -0.1) is 0 Å². The van der Waals surface area contributed by atoms with Crippen molar-refractivity contribution in [2.45, 2.75) is 26.3 Å². The van der Waals surface area contributed by atoms with Crippen molar-refractivity contribution in [2.75, 3.05) is 70.6 Å². The minimum absolute atomic E-state index is 0.0577. The molecule has 2 aliphatic rings. The molecule has 2 aromatic carbocycles. The van der Waals surface area contributed by atoms with Crippen molar-refractivity contribution in [3.05, 3.63) is 76.5 Å². The number of methoxy groups -OCH3 is 1. The van der Waals surface area contributed by atoms with E-state index in [4.69, 9.17) is 21.5 Å². The molecule has 2 aromatic heterocycles. The van der Waals surface area contributed by atoms with Gasteiger partial charge in [0.1, 0.15) is 0 Å². The van der Waals surface area contributed by atoms with Gasteiger partial charge in [-0.25, -0.2) is 18.0 Å². The predicted octanol–water partition coefficient (Wildman–Crippen LogP) is 3.71. The number of nitrogens with one attached hydrogen (secondary N) is 1. The molecule has 294 valence electrons. The van der Waals surface area contributed by atoms with Gasteiger partial charge in [-0.3, -0.25) is 24.2 Å². The molecule has 18 heteroatoms. The number of rotatable bonds is 12. The summed E-state index contributed by atoms with van der Waals surface area (Å²) >= 11 is 6.54. The molecule has 3 N–H and O–H groups in total. The highest BCUT2D eigenvalue weighted by Gasteiger charge is 2.32. The third-order valence-electron chi connectivity index (χ3n) is 10.3. The Morgan fingerprint density at radius 3 is 2.31 bits per heavy atom. The fraction of sp³-hybridized carbons (Fsp3) is 0.432. The van der Waals surface area contributed by atoms with Crippen molar-refractivity contribution in [1.82, 2.24) is 34.0 Å². The lowest BCUT2D eigenvalue weighted by Crippen LogP contribution is -2.53. The van der Waals surface area contributed by atoms with Crippen molar-refractivity contribution in [1.29, 1.82) is 0 Å². The van der Waals surface area contributed by atoms with Crippen molar-refractivity contribution < 1.29 is 32.1 Å². The summed E-state index contributed by atoms with van der Waals surface area (Å²) in [7, 11) is 1.76. The average molecular weight is 800 g/mol. The van der Waals surface area contributed by atoms with Crippen LogP contribution in [0.3, 0.4) is 0 Å². The molecule has 2 aliphatic heterocycles. The number of piperazine rings is 1. The number of nitrogens with zero attached hydrogens (tertiary/aromatic N) is 7. The SMILES string of the molecule is COCCn1ncc(-c2ccc(-c3cnc(C(=O)Nc4ccc(C(=O)N5CCN(C(=O)C6CCN(CCS(N)=O)CC6)CC5)c(Cl)c4)n3C)c(F)c2F)c1C. The molecule has 1 atom stereocenters. The summed E-state index contributed by atoms with van der Waals surface area (Å²) in [6.07, 6.45) is 4.23. The van der Waals surface area contributed by atoms with Gasteiger partial charge in [0, 0.05) is 80.9 Å². The van der Waals surface area contributed by atoms with E-state index in [1.54, 1.807) is 29.7 Å². The molecule has 3 amide bonds. The van der Waals surface area contributed by atoms with Crippen LogP contribution in [-0.4, -0.2) is 121 Å². The fourth-order valence-electron chi connectivity index (χ4n) is 7.07. The minimum atomic E-state index is -1.33. The Morgan fingerprint density at radius 1 is 0.964 bits per heavy atom. The Bertz CT molecular complexity index is 2090. The molecule has 0 spiro atoms. The number of hydrogen-bond acceptors (Lipinski definition) is 8. The van der Waals surface area contributed by atoms with E-state index in [-0.39, 0.29) is 51.0 Å². The van der Waals surface area contributed by atoms with E-state index < -0.39 is 28.5 Å². The zero-order valence-electron chi connectivity index (χ0n) is 30.9. The van der Waals surface area contributed by atoms with Crippen LogP contribution in [0.5, 0.6) is 0 Å². The van der Waals surface area contributed by atoms with Crippen LogP contribution in [0.1, 0.15) is 39.5 Å². The third-order valence-corrected chi connectivity index (χ3v) is 11.2. The molecule has 2 saturated heterocycles. The van der Waals surface area contributed by atoms with E-state index in [0.29, 0.717) is 68.6 Å². The number of imidazole rings is 1. The maximum absolute atomic E-state index is 15.5. The summed E-state index contributed by atoms with van der Waals surface area (Å²) in [5.41, 5.74) is 1.84. The first-order valence-corrected chi connectivity index (χ1v) is 19.7. The zero-order chi connectivity index (χ0) is 39.4. The Hall–Kier alpha value is -4.55. The van der Waals surface area contributed by atoms with Crippen LogP contribution in [0.15, 0.2) is 42.7 Å². The molecule has 0 saturated carbocycles. The van der Waals surface area contributed by atoms with Gasteiger partial charge < -0.3 is 29.3 Å². The Morgan fingerprint density at radius 2 is 1.64 bits per heavy atom. The number of nitrogens with two attached hydrogens (primary N) is 1. The lowest BCUT2D eigenvalue weighted by atomic mass is 9.95. The van der Waals surface area contributed by atoms with Crippen LogP contribution in [0, 0.1) is 24.5 Å². The van der Waals surface area contributed by atoms with E-state index in [1.807, 2.05) is 4.90 Å². The van der Waals surface area contributed by atoms with Crippen LogP contribution in [-0.2, 0) is 34.1 Å². The number of carbonyl (C=O) groups is 3. The van der Waals surface area contributed by atoms with Crippen LogP contribution >= 0.6 is 11.6 Å². The molecule has 0 aliphatic carbocycles. The first-order valence-electron chi connectivity index (χ1n) is 17.9. The predicted molar refractivity (Wildman–Crippen MR) is 205 cm³/mol. The fourth-order valence-corrected chi connectivity index (χ4v) is 7.77. The maximum atomic E-state index is 15.5. The van der Waals surface area contributed by atoms with E-state index in [2.05, 4.69) is 20.3 Å². The third kappa shape index (κ3) is 8.80. The summed E-state index contributed by atoms with van der Waals surface area (Å²) in [5.74, 6) is -2.69. The Kier molecular flexibility index (Phi) is 12.8. The molecule has 0 radical (unpaired) electrons. The number of benzene rings is 2.